The number of rotatable bonds is 7. The van der Waals surface area contributed by atoms with Crippen LogP contribution < -0.4 is 13.8 Å². The summed E-state index contributed by atoms with van der Waals surface area (Å²) >= 11 is 0. The van der Waals surface area contributed by atoms with Gasteiger partial charge in [0.15, 0.2) is 0 Å². The second-order valence-electron chi connectivity index (χ2n) is 7.63. The van der Waals surface area contributed by atoms with Gasteiger partial charge in [0.05, 0.1) is 32.2 Å². The molecule has 2 fully saturated rings. The zero-order valence-corrected chi connectivity index (χ0v) is 18.0. The topological polar surface area (TPSA) is 76.2 Å². The van der Waals surface area contributed by atoms with Crippen LogP contribution in [-0.2, 0) is 16.6 Å². The first-order chi connectivity index (χ1) is 14.4. The number of ether oxygens (including phenoxy) is 2. The molecule has 4 rings (SSSR count). The molecule has 0 bridgehead atoms. The van der Waals surface area contributed by atoms with Crippen molar-refractivity contribution < 1.29 is 22.7 Å². The zero-order chi connectivity index (χ0) is 21.3. The monoisotopic (exact) mass is 430 g/mol. The molecule has 0 aromatic heterocycles. The number of hydrogen-bond donors (Lipinski definition) is 0. The second-order valence-corrected chi connectivity index (χ2v) is 9.65. The van der Waals surface area contributed by atoms with E-state index in [9.17, 15) is 13.2 Å². The van der Waals surface area contributed by atoms with Crippen molar-refractivity contribution in [3.63, 3.8) is 0 Å². The van der Waals surface area contributed by atoms with Gasteiger partial charge in [0.25, 0.3) is 5.91 Å². The lowest BCUT2D eigenvalue weighted by atomic mass is 10.1. The number of carbonyl (C=O) groups is 1. The highest BCUT2D eigenvalue weighted by molar-refractivity contribution is 7.93. The van der Waals surface area contributed by atoms with Gasteiger partial charge in [-0.25, -0.2) is 8.42 Å². The third-order valence-corrected chi connectivity index (χ3v) is 7.43. The Labute approximate surface area is 177 Å². The van der Waals surface area contributed by atoms with Crippen LogP contribution in [0.1, 0.15) is 35.2 Å². The summed E-state index contributed by atoms with van der Waals surface area (Å²) in [4.78, 5) is 15.2. The minimum absolute atomic E-state index is 0.110. The summed E-state index contributed by atoms with van der Waals surface area (Å²) in [6, 6.07) is 12.6. The van der Waals surface area contributed by atoms with Crippen LogP contribution in [0.25, 0.3) is 0 Å². The van der Waals surface area contributed by atoms with Crippen molar-refractivity contribution in [3.05, 3.63) is 53.6 Å². The first kappa shape index (κ1) is 20.5. The summed E-state index contributed by atoms with van der Waals surface area (Å²) in [5, 5.41) is 0. The number of sulfonamides is 1. The fraction of sp³-hybridized carbons (Fsp3) is 0.409. The molecule has 1 heterocycles. The van der Waals surface area contributed by atoms with E-state index >= 15 is 0 Å². The number of benzene rings is 2. The third-order valence-electron chi connectivity index (χ3n) is 5.56. The van der Waals surface area contributed by atoms with Gasteiger partial charge in [-0.3, -0.25) is 9.10 Å². The van der Waals surface area contributed by atoms with Crippen LogP contribution in [0.4, 0.5) is 5.69 Å². The van der Waals surface area contributed by atoms with Crippen LogP contribution in [0.3, 0.4) is 0 Å². The lowest BCUT2D eigenvalue weighted by Gasteiger charge is -2.25. The predicted octanol–water partition coefficient (Wildman–Crippen LogP) is 3.05. The maximum atomic E-state index is 13.4. The standard InChI is InChI=1S/C22H26N2O5S/c1-28-20-9-10-21(29-2)17(14-20)15-23(18-7-8-18)22(25)16-5-3-6-19(13-16)24-11-4-12-30(24,26)27/h3,5-6,9-10,13-14,18H,4,7-8,11-12,15H2,1-2H3. The lowest BCUT2D eigenvalue weighted by Crippen LogP contribution is -2.33. The van der Waals surface area contributed by atoms with Crippen molar-refractivity contribution in [2.24, 2.45) is 0 Å². The summed E-state index contributed by atoms with van der Waals surface area (Å²) in [7, 11) is -0.0839. The van der Waals surface area contributed by atoms with Crippen LogP contribution >= 0.6 is 0 Å². The van der Waals surface area contributed by atoms with Crippen molar-refractivity contribution in [2.75, 3.05) is 30.8 Å². The number of hydrogen-bond acceptors (Lipinski definition) is 5. The Kier molecular flexibility index (Phi) is 5.60. The summed E-state index contributed by atoms with van der Waals surface area (Å²) in [6.07, 6.45) is 2.51. The molecule has 2 aromatic rings. The quantitative estimate of drug-likeness (QED) is 0.675. The Morgan fingerprint density at radius 1 is 1.13 bits per heavy atom. The van der Waals surface area contributed by atoms with Gasteiger partial charge in [0, 0.05) is 23.7 Å². The Morgan fingerprint density at radius 2 is 1.93 bits per heavy atom. The van der Waals surface area contributed by atoms with Gasteiger partial charge in [0.2, 0.25) is 10.0 Å². The third kappa shape index (κ3) is 4.09. The fourth-order valence-electron chi connectivity index (χ4n) is 3.83. The molecule has 1 amide bonds. The Balaban J connectivity index is 1.62. The van der Waals surface area contributed by atoms with Gasteiger partial charge in [-0.05, 0) is 55.7 Å². The Bertz CT molecular complexity index is 1050. The molecule has 0 unspecified atom stereocenters. The van der Waals surface area contributed by atoms with Crippen molar-refractivity contribution in [2.45, 2.75) is 31.8 Å². The molecular weight excluding hydrogens is 404 g/mol. The molecule has 1 saturated carbocycles. The molecule has 0 spiro atoms. The second kappa shape index (κ2) is 8.18. The first-order valence-corrected chi connectivity index (χ1v) is 11.7. The number of anilines is 1. The Morgan fingerprint density at radius 3 is 2.57 bits per heavy atom. The fourth-order valence-corrected chi connectivity index (χ4v) is 5.39. The van der Waals surface area contributed by atoms with E-state index in [1.807, 2.05) is 23.1 Å². The molecule has 8 heteroatoms. The van der Waals surface area contributed by atoms with Gasteiger partial charge in [-0.2, -0.15) is 0 Å². The molecule has 2 aromatic carbocycles. The van der Waals surface area contributed by atoms with Crippen LogP contribution in [0.5, 0.6) is 11.5 Å². The van der Waals surface area contributed by atoms with Crippen LogP contribution in [0.2, 0.25) is 0 Å². The van der Waals surface area contributed by atoms with Crippen LogP contribution in [-0.4, -0.2) is 51.8 Å². The van der Waals surface area contributed by atoms with Crippen molar-refractivity contribution in [1.82, 2.24) is 4.90 Å². The molecular formula is C22H26N2O5S. The average Bonchev–Trinajstić information content (AvgIpc) is 3.53. The number of carbonyl (C=O) groups excluding carboxylic acids is 1. The molecule has 30 heavy (non-hydrogen) atoms. The van der Waals surface area contributed by atoms with Crippen molar-refractivity contribution in [3.8, 4) is 11.5 Å². The number of amides is 1. The van der Waals surface area contributed by atoms with Gasteiger partial charge < -0.3 is 14.4 Å². The van der Waals surface area contributed by atoms with E-state index in [4.69, 9.17) is 9.47 Å². The van der Waals surface area contributed by atoms with E-state index in [2.05, 4.69) is 0 Å². The molecule has 1 saturated heterocycles. The summed E-state index contributed by atoms with van der Waals surface area (Å²) in [5.41, 5.74) is 1.91. The van der Waals surface area contributed by atoms with Gasteiger partial charge in [-0.15, -0.1) is 0 Å². The molecule has 7 nitrogen and oxygen atoms in total. The van der Waals surface area contributed by atoms with Gasteiger partial charge >= 0.3 is 0 Å². The molecule has 160 valence electrons. The molecule has 2 aliphatic rings. The highest BCUT2D eigenvalue weighted by Gasteiger charge is 2.34. The summed E-state index contributed by atoms with van der Waals surface area (Å²) in [6.45, 7) is 0.851. The molecule has 0 radical (unpaired) electrons. The minimum Gasteiger partial charge on any atom is -0.497 e. The summed E-state index contributed by atoms with van der Waals surface area (Å²) < 4.78 is 36.7. The molecule has 0 N–H and O–H groups in total. The lowest BCUT2D eigenvalue weighted by molar-refractivity contribution is 0.0728. The van der Waals surface area contributed by atoms with E-state index < -0.39 is 10.0 Å². The van der Waals surface area contributed by atoms with E-state index in [1.54, 1.807) is 38.5 Å². The molecule has 0 atom stereocenters. The zero-order valence-electron chi connectivity index (χ0n) is 17.2. The number of methoxy groups -OCH3 is 2. The SMILES string of the molecule is COc1ccc(OC)c(CN(C(=O)c2cccc(N3CCCS3(=O)=O)c2)C2CC2)c1. The Hall–Kier alpha value is -2.74. The highest BCUT2D eigenvalue weighted by atomic mass is 32.2. The van der Waals surface area contributed by atoms with E-state index in [0.29, 0.717) is 42.3 Å². The predicted molar refractivity (Wildman–Crippen MR) is 115 cm³/mol. The largest absolute Gasteiger partial charge is 0.497 e. The van der Waals surface area contributed by atoms with Crippen LogP contribution in [0.15, 0.2) is 42.5 Å². The van der Waals surface area contributed by atoms with Crippen LogP contribution in [0, 0.1) is 0 Å². The van der Waals surface area contributed by atoms with Gasteiger partial charge in [0.1, 0.15) is 11.5 Å². The normalized spacial score (nSPS) is 17.6. The first-order valence-electron chi connectivity index (χ1n) is 10.1. The maximum absolute atomic E-state index is 13.4. The smallest absolute Gasteiger partial charge is 0.254 e. The highest BCUT2D eigenvalue weighted by Crippen LogP contribution is 2.34. The van der Waals surface area contributed by atoms with Crippen molar-refractivity contribution >= 4 is 21.6 Å². The van der Waals surface area contributed by atoms with E-state index in [1.165, 1.54) is 4.31 Å². The summed E-state index contributed by atoms with van der Waals surface area (Å²) in [5.74, 6) is 1.44. The van der Waals surface area contributed by atoms with Gasteiger partial charge in [-0.1, -0.05) is 6.07 Å². The number of nitrogens with zero attached hydrogens (tertiary/aromatic N) is 2. The molecule has 1 aliphatic carbocycles. The van der Waals surface area contributed by atoms with Crippen molar-refractivity contribution in [1.29, 1.82) is 0 Å². The average molecular weight is 431 g/mol. The molecule has 1 aliphatic heterocycles. The maximum Gasteiger partial charge on any atom is 0.254 e. The van der Waals surface area contributed by atoms with E-state index in [-0.39, 0.29) is 17.7 Å². The van der Waals surface area contributed by atoms with E-state index in [0.717, 1.165) is 18.4 Å². The minimum atomic E-state index is -3.29.